The average molecular weight is 381 g/mol. The number of benzene rings is 2. The third-order valence-electron chi connectivity index (χ3n) is 3.51. The van der Waals surface area contributed by atoms with Crippen LogP contribution in [0.2, 0.25) is 0 Å². The van der Waals surface area contributed by atoms with Gasteiger partial charge in [-0.2, -0.15) is 0 Å². The van der Waals surface area contributed by atoms with Crippen molar-refractivity contribution in [2.45, 2.75) is 18.9 Å². The number of hydrogen-bond donors (Lipinski definition) is 1. The molecule has 0 saturated heterocycles. The number of ether oxygens (including phenoxy) is 1. The molecule has 0 saturated carbocycles. The number of halogens is 1. The molecule has 0 bridgehead atoms. The Labute approximate surface area is 134 Å². The molecule has 0 spiro atoms. The number of methoxy groups -OCH3 is 1. The van der Waals surface area contributed by atoms with Gasteiger partial charge in [0.2, 0.25) is 0 Å². The Morgan fingerprint density at radius 3 is 2.40 bits per heavy atom. The summed E-state index contributed by atoms with van der Waals surface area (Å²) in [7, 11) is 3.73. The van der Waals surface area contributed by atoms with Gasteiger partial charge in [0, 0.05) is 9.61 Å². The highest BCUT2D eigenvalue weighted by Crippen LogP contribution is 2.24. The standard InChI is InChI=1S/C17H20INO/c1-19-17(15-5-3-4-6-16(15)18)12-9-13-7-10-14(20-2)11-8-13/h3-8,10-11,17,19H,9,12H2,1-2H3. The third-order valence-corrected chi connectivity index (χ3v) is 4.49. The van der Waals surface area contributed by atoms with Crippen molar-refractivity contribution < 1.29 is 4.74 Å². The van der Waals surface area contributed by atoms with Crippen LogP contribution in [0.1, 0.15) is 23.6 Å². The second-order valence-electron chi connectivity index (χ2n) is 4.75. The molecule has 0 radical (unpaired) electrons. The van der Waals surface area contributed by atoms with Crippen LogP contribution in [0, 0.1) is 3.57 Å². The summed E-state index contributed by atoms with van der Waals surface area (Å²) in [5, 5.41) is 3.42. The minimum absolute atomic E-state index is 0.394. The number of nitrogens with one attached hydrogen (secondary N) is 1. The minimum atomic E-state index is 0.394. The lowest BCUT2D eigenvalue weighted by atomic mass is 9.99. The van der Waals surface area contributed by atoms with E-state index in [1.165, 1.54) is 14.7 Å². The smallest absolute Gasteiger partial charge is 0.118 e. The van der Waals surface area contributed by atoms with Crippen molar-refractivity contribution in [3.63, 3.8) is 0 Å². The second-order valence-corrected chi connectivity index (χ2v) is 5.91. The van der Waals surface area contributed by atoms with Crippen molar-refractivity contribution >= 4 is 22.6 Å². The van der Waals surface area contributed by atoms with Gasteiger partial charge in [-0.15, -0.1) is 0 Å². The maximum atomic E-state index is 5.19. The summed E-state index contributed by atoms with van der Waals surface area (Å²) >= 11 is 2.41. The Morgan fingerprint density at radius 2 is 1.80 bits per heavy atom. The lowest BCUT2D eigenvalue weighted by Crippen LogP contribution is -2.18. The quantitative estimate of drug-likeness (QED) is 0.758. The van der Waals surface area contributed by atoms with E-state index in [1.807, 2.05) is 19.2 Å². The zero-order valence-electron chi connectivity index (χ0n) is 11.9. The molecule has 0 aliphatic heterocycles. The summed E-state index contributed by atoms with van der Waals surface area (Å²) in [6, 6.07) is 17.3. The van der Waals surface area contributed by atoms with Crippen molar-refractivity contribution in [3.05, 3.63) is 63.2 Å². The molecule has 0 heterocycles. The van der Waals surface area contributed by atoms with E-state index in [0.29, 0.717) is 6.04 Å². The van der Waals surface area contributed by atoms with Crippen LogP contribution >= 0.6 is 22.6 Å². The van der Waals surface area contributed by atoms with Crippen LogP contribution < -0.4 is 10.1 Å². The van der Waals surface area contributed by atoms with E-state index in [2.05, 4.69) is 64.3 Å². The monoisotopic (exact) mass is 381 g/mol. The minimum Gasteiger partial charge on any atom is -0.497 e. The maximum Gasteiger partial charge on any atom is 0.118 e. The fourth-order valence-electron chi connectivity index (χ4n) is 2.32. The molecule has 0 aliphatic rings. The Morgan fingerprint density at radius 1 is 1.10 bits per heavy atom. The van der Waals surface area contributed by atoms with Crippen LogP contribution in [0.3, 0.4) is 0 Å². The highest BCUT2D eigenvalue weighted by molar-refractivity contribution is 14.1. The fraction of sp³-hybridized carbons (Fsp3) is 0.294. The summed E-state index contributed by atoms with van der Waals surface area (Å²) in [5.74, 6) is 0.913. The van der Waals surface area contributed by atoms with Gasteiger partial charge in [-0.1, -0.05) is 30.3 Å². The Bertz CT molecular complexity index is 539. The van der Waals surface area contributed by atoms with E-state index in [4.69, 9.17) is 4.74 Å². The first-order chi connectivity index (χ1) is 9.74. The van der Waals surface area contributed by atoms with Crippen LogP contribution in [-0.4, -0.2) is 14.2 Å². The predicted molar refractivity (Wildman–Crippen MR) is 92.3 cm³/mol. The van der Waals surface area contributed by atoms with Gasteiger partial charge in [0.05, 0.1) is 7.11 Å². The molecule has 1 N–H and O–H groups in total. The molecule has 0 amide bonds. The molecule has 106 valence electrons. The van der Waals surface area contributed by atoms with Crippen LogP contribution in [-0.2, 0) is 6.42 Å². The number of rotatable bonds is 6. The summed E-state index contributed by atoms with van der Waals surface area (Å²) in [5.41, 5.74) is 2.72. The summed E-state index contributed by atoms with van der Waals surface area (Å²) in [6.45, 7) is 0. The zero-order valence-corrected chi connectivity index (χ0v) is 14.1. The summed E-state index contributed by atoms with van der Waals surface area (Å²) in [4.78, 5) is 0. The molecule has 0 aliphatic carbocycles. The first-order valence-electron chi connectivity index (χ1n) is 6.79. The van der Waals surface area contributed by atoms with Crippen molar-refractivity contribution in [2.75, 3.05) is 14.2 Å². The summed E-state index contributed by atoms with van der Waals surface area (Å²) < 4.78 is 6.51. The van der Waals surface area contributed by atoms with Crippen LogP contribution in [0.25, 0.3) is 0 Å². The van der Waals surface area contributed by atoms with Crippen LogP contribution in [0.4, 0.5) is 0 Å². The van der Waals surface area contributed by atoms with Gasteiger partial charge in [-0.25, -0.2) is 0 Å². The molecule has 1 unspecified atom stereocenters. The fourth-order valence-corrected chi connectivity index (χ4v) is 3.08. The van der Waals surface area contributed by atoms with E-state index in [9.17, 15) is 0 Å². The van der Waals surface area contributed by atoms with Gasteiger partial charge in [0.25, 0.3) is 0 Å². The molecule has 2 nitrogen and oxygen atoms in total. The van der Waals surface area contributed by atoms with E-state index < -0.39 is 0 Å². The average Bonchev–Trinajstić information content (AvgIpc) is 2.50. The molecule has 1 atom stereocenters. The number of hydrogen-bond acceptors (Lipinski definition) is 2. The van der Waals surface area contributed by atoms with E-state index >= 15 is 0 Å². The van der Waals surface area contributed by atoms with Crippen LogP contribution in [0.15, 0.2) is 48.5 Å². The van der Waals surface area contributed by atoms with E-state index in [0.717, 1.165) is 18.6 Å². The lowest BCUT2D eigenvalue weighted by Gasteiger charge is -2.18. The SMILES string of the molecule is CNC(CCc1ccc(OC)cc1)c1ccccc1I. The Hall–Kier alpha value is -1.07. The number of aryl methyl sites for hydroxylation is 1. The molecular formula is C17H20INO. The van der Waals surface area contributed by atoms with Gasteiger partial charge in [0.15, 0.2) is 0 Å². The van der Waals surface area contributed by atoms with Crippen LogP contribution in [0.5, 0.6) is 5.75 Å². The second kappa shape index (κ2) is 7.64. The highest BCUT2D eigenvalue weighted by atomic mass is 127. The van der Waals surface area contributed by atoms with Gasteiger partial charge >= 0.3 is 0 Å². The van der Waals surface area contributed by atoms with Crippen molar-refractivity contribution in [1.29, 1.82) is 0 Å². The van der Waals surface area contributed by atoms with Gasteiger partial charge in [0.1, 0.15) is 5.75 Å². The van der Waals surface area contributed by atoms with E-state index in [-0.39, 0.29) is 0 Å². The lowest BCUT2D eigenvalue weighted by molar-refractivity contribution is 0.414. The Balaban J connectivity index is 2.02. The van der Waals surface area contributed by atoms with Gasteiger partial charge < -0.3 is 10.1 Å². The Kier molecular flexibility index (Phi) is 5.86. The molecule has 2 rings (SSSR count). The molecule has 0 fully saturated rings. The topological polar surface area (TPSA) is 21.3 Å². The first kappa shape index (κ1) is 15.3. The largest absolute Gasteiger partial charge is 0.497 e. The van der Waals surface area contributed by atoms with Gasteiger partial charge in [-0.3, -0.25) is 0 Å². The molecule has 2 aromatic rings. The first-order valence-corrected chi connectivity index (χ1v) is 7.87. The van der Waals surface area contributed by atoms with Crippen molar-refractivity contribution in [3.8, 4) is 5.75 Å². The molecule has 0 aromatic heterocycles. The molecule has 3 heteroatoms. The van der Waals surface area contributed by atoms with E-state index in [1.54, 1.807) is 7.11 Å². The highest BCUT2D eigenvalue weighted by Gasteiger charge is 2.11. The third kappa shape index (κ3) is 3.96. The molecule has 20 heavy (non-hydrogen) atoms. The molecule has 2 aromatic carbocycles. The predicted octanol–water partition coefficient (Wildman–Crippen LogP) is 4.19. The molecular weight excluding hydrogens is 361 g/mol. The van der Waals surface area contributed by atoms with Gasteiger partial charge in [-0.05, 0) is 71.8 Å². The van der Waals surface area contributed by atoms with Crippen molar-refractivity contribution in [2.24, 2.45) is 0 Å². The van der Waals surface area contributed by atoms with Crippen molar-refractivity contribution in [1.82, 2.24) is 5.32 Å². The maximum absolute atomic E-state index is 5.19. The normalized spacial score (nSPS) is 12.2. The summed E-state index contributed by atoms with van der Waals surface area (Å²) in [6.07, 6.45) is 2.14. The zero-order chi connectivity index (χ0) is 14.4.